The quantitative estimate of drug-likeness (QED) is 0.648. The fraction of sp³-hybridized carbons (Fsp3) is 0.118. The zero-order valence-corrected chi connectivity index (χ0v) is 11.8. The molecule has 0 aliphatic heterocycles. The van der Waals surface area contributed by atoms with Crippen LogP contribution in [0.25, 0.3) is 0 Å². The van der Waals surface area contributed by atoms with Gasteiger partial charge in [0.15, 0.2) is 5.78 Å². The molecule has 2 nitrogen and oxygen atoms in total. The van der Waals surface area contributed by atoms with E-state index >= 15 is 0 Å². The van der Waals surface area contributed by atoms with E-state index in [-0.39, 0.29) is 5.78 Å². The fourth-order valence-electron chi connectivity index (χ4n) is 1.86. The maximum Gasteiger partial charge on any atom is 0.416 e. The Labute approximate surface area is 126 Å². The van der Waals surface area contributed by atoms with E-state index in [1.54, 1.807) is 18.2 Å². The summed E-state index contributed by atoms with van der Waals surface area (Å²) in [6.07, 6.45) is -1.60. The molecule has 22 heavy (non-hydrogen) atoms. The van der Waals surface area contributed by atoms with Crippen molar-refractivity contribution in [3.05, 3.63) is 77.5 Å². The van der Waals surface area contributed by atoms with E-state index in [2.05, 4.69) is 5.32 Å². The van der Waals surface area contributed by atoms with Gasteiger partial charge in [0.2, 0.25) is 0 Å². The summed E-state index contributed by atoms with van der Waals surface area (Å²) in [7, 11) is 0. The lowest BCUT2D eigenvalue weighted by atomic mass is 10.1. The lowest BCUT2D eigenvalue weighted by molar-refractivity contribution is -0.137. The molecule has 0 saturated heterocycles. The van der Waals surface area contributed by atoms with Crippen LogP contribution in [0.5, 0.6) is 0 Å². The van der Waals surface area contributed by atoms with E-state index in [1.165, 1.54) is 24.4 Å². The normalized spacial score (nSPS) is 11.6. The van der Waals surface area contributed by atoms with Crippen molar-refractivity contribution in [3.8, 4) is 0 Å². The van der Waals surface area contributed by atoms with Crippen molar-refractivity contribution in [1.82, 2.24) is 0 Å². The number of allylic oxidation sites excluding steroid dienone is 1. The van der Waals surface area contributed by atoms with Crippen LogP contribution in [0.15, 0.2) is 60.8 Å². The van der Waals surface area contributed by atoms with Crippen LogP contribution in [0.4, 0.5) is 18.9 Å². The summed E-state index contributed by atoms with van der Waals surface area (Å²) >= 11 is 0. The first-order chi connectivity index (χ1) is 10.4. The third-order valence-corrected chi connectivity index (χ3v) is 3.00. The molecule has 0 aliphatic carbocycles. The third kappa shape index (κ3) is 4.22. The molecule has 0 unspecified atom stereocenters. The Bertz CT molecular complexity index is 688. The van der Waals surface area contributed by atoms with Crippen LogP contribution < -0.4 is 5.32 Å². The number of ketones is 1. The number of hydrogen-bond donors (Lipinski definition) is 1. The van der Waals surface area contributed by atoms with Crippen molar-refractivity contribution in [2.75, 3.05) is 5.32 Å². The number of hydrogen-bond acceptors (Lipinski definition) is 2. The number of rotatable bonds is 4. The van der Waals surface area contributed by atoms with Gasteiger partial charge in [-0.2, -0.15) is 13.2 Å². The molecule has 0 radical (unpaired) electrons. The van der Waals surface area contributed by atoms with Crippen LogP contribution in [0.3, 0.4) is 0 Å². The average molecular weight is 305 g/mol. The summed E-state index contributed by atoms with van der Waals surface area (Å²) in [5.41, 5.74) is 1.31. The molecule has 2 aromatic carbocycles. The highest BCUT2D eigenvalue weighted by atomic mass is 19.4. The number of halogens is 3. The van der Waals surface area contributed by atoms with Gasteiger partial charge < -0.3 is 5.32 Å². The number of nitrogens with one attached hydrogen (secondary N) is 1. The van der Waals surface area contributed by atoms with Crippen LogP contribution in [-0.4, -0.2) is 5.78 Å². The average Bonchev–Trinajstić information content (AvgIpc) is 2.47. The maximum atomic E-state index is 12.4. The Morgan fingerprint density at radius 2 is 1.77 bits per heavy atom. The zero-order valence-electron chi connectivity index (χ0n) is 11.8. The Balaban J connectivity index is 1.99. The molecule has 0 aromatic heterocycles. The standard InChI is InChI=1S/C17H14F3NO/c1-12-3-2-4-13(11-12)16(22)9-10-21-15-7-5-14(6-8-15)17(18,19)20/h2-11,21H,1H3. The molecule has 1 N–H and O–H groups in total. The predicted octanol–water partition coefficient (Wildman–Crippen LogP) is 4.82. The minimum atomic E-state index is -4.35. The Morgan fingerprint density at radius 3 is 2.36 bits per heavy atom. The van der Waals surface area contributed by atoms with E-state index < -0.39 is 11.7 Å². The summed E-state index contributed by atoms with van der Waals surface area (Å²) in [6.45, 7) is 1.89. The Morgan fingerprint density at radius 1 is 1.09 bits per heavy atom. The number of benzene rings is 2. The van der Waals surface area contributed by atoms with Crippen molar-refractivity contribution < 1.29 is 18.0 Å². The number of aryl methyl sites for hydroxylation is 1. The van der Waals surface area contributed by atoms with E-state index in [0.29, 0.717) is 11.3 Å². The van der Waals surface area contributed by atoms with Crippen LogP contribution in [0.1, 0.15) is 21.5 Å². The van der Waals surface area contributed by atoms with Gasteiger partial charge in [-0.1, -0.05) is 23.8 Å². The third-order valence-electron chi connectivity index (χ3n) is 3.00. The van der Waals surface area contributed by atoms with E-state index in [9.17, 15) is 18.0 Å². The first kappa shape index (κ1) is 15.8. The Kier molecular flexibility index (Phi) is 4.65. The molecular formula is C17H14F3NO. The van der Waals surface area contributed by atoms with Crippen LogP contribution >= 0.6 is 0 Å². The van der Waals surface area contributed by atoms with Gasteiger partial charge in [0.1, 0.15) is 0 Å². The molecule has 5 heteroatoms. The summed E-state index contributed by atoms with van der Waals surface area (Å²) in [5, 5.41) is 2.77. The summed E-state index contributed by atoms with van der Waals surface area (Å²) < 4.78 is 37.3. The largest absolute Gasteiger partial charge is 0.416 e. The second-order valence-electron chi connectivity index (χ2n) is 4.79. The smallest absolute Gasteiger partial charge is 0.362 e. The summed E-state index contributed by atoms with van der Waals surface area (Å²) in [4.78, 5) is 11.9. The lowest BCUT2D eigenvalue weighted by Gasteiger charge is -2.07. The molecular weight excluding hydrogens is 291 g/mol. The van der Waals surface area contributed by atoms with Gasteiger partial charge >= 0.3 is 6.18 Å². The van der Waals surface area contributed by atoms with Crippen molar-refractivity contribution >= 4 is 11.5 Å². The number of carbonyl (C=O) groups excluding carboxylic acids is 1. The molecule has 0 heterocycles. The van der Waals surface area contributed by atoms with Crippen molar-refractivity contribution in [2.24, 2.45) is 0 Å². The molecule has 0 amide bonds. The van der Waals surface area contributed by atoms with Gasteiger partial charge in [-0.05, 0) is 37.3 Å². The Hall–Kier alpha value is -2.56. The number of alkyl halides is 3. The predicted molar refractivity (Wildman–Crippen MR) is 79.7 cm³/mol. The molecule has 0 bridgehead atoms. The van der Waals surface area contributed by atoms with Gasteiger partial charge in [-0.3, -0.25) is 4.79 Å². The van der Waals surface area contributed by atoms with Crippen molar-refractivity contribution in [3.63, 3.8) is 0 Å². The van der Waals surface area contributed by atoms with Crippen LogP contribution in [-0.2, 0) is 6.18 Å². The molecule has 114 valence electrons. The molecule has 0 aliphatic rings. The molecule has 2 rings (SSSR count). The maximum absolute atomic E-state index is 12.4. The second kappa shape index (κ2) is 6.47. The first-order valence-electron chi connectivity index (χ1n) is 6.57. The minimum Gasteiger partial charge on any atom is -0.362 e. The number of anilines is 1. The zero-order chi connectivity index (χ0) is 16.2. The second-order valence-corrected chi connectivity index (χ2v) is 4.79. The van der Waals surface area contributed by atoms with Crippen molar-refractivity contribution in [2.45, 2.75) is 13.1 Å². The number of carbonyl (C=O) groups is 1. The van der Waals surface area contributed by atoms with E-state index in [4.69, 9.17) is 0 Å². The van der Waals surface area contributed by atoms with Gasteiger partial charge in [-0.15, -0.1) is 0 Å². The highest BCUT2D eigenvalue weighted by molar-refractivity contribution is 6.04. The molecule has 0 saturated carbocycles. The van der Waals surface area contributed by atoms with Crippen molar-refractivity contribution in [1.29, 1.82) is 0 Å². The monoisotopic (exact) mass is 305 g/mol. The van der Waals surface area contributed by atoms with E-state index in [1.807, 2.05) is 13.0 Å². The highest BCUT2D eigenvalue weighted by Gasteiger charge is 2.29. The summed E-state index contributed by atoms with van der Waals surface area (Å²) in [5.74, 6) is -0.178. The van der Waals surface area contributed by atoms with Gasteiger partial charge in [0.25, 0.3) is 0 Å². The molecule has 0 spiro atoms. The first-order valence-corrected chi connectivity index (χ1v) is 6.57. The van der Waals surface area contributed by atoms with Gasteiger partial charge in [0, 0.05) is 23.5 Å². The molecule has 0 fully saturated rings. The van der Waals surface area contributed by atoms with E-state index in [0.717, 1.165) is 17.7 Å². The SMILES string of the molecule is Cc1cccc(C(=O)C=CNc2ccc(C(F)(F)F)cc2)c1. The summed E-state index contributed by atoms with van der Waals surface area (Å²) in [6, 6.07) is 11.7. The topological polar surface area (TPSA) is 29.1 Å². The fourth-order valence-corrected chi connectivity index (χ4v) is 1.86. The minimum absolute atomic E-state index is 0.178. The van der Waals surface area contributed by atoms with Gasteiger partial charge in [-0.25, -0.2) is 0 Å². The lowest BCUT2D eigenvalue weighted by Crippen LogP contribution is -2.04. The van der Waals surface area contributed by atoms with Crippen LogP contribution in [0.2, 0.25) is 0 Å². The van der Waals surface area contributed by atoms with Crippen LogP contribution in [0, 0.1) is 6.92 Å². The molecule has 2 aromatic rings. The molecule has 0 atom stereocenters. The van der Waals surface area contributed by atoms with Gasteiger partial charge in [0.05, 0.1) is 5.56 Å². The highest BCUT2D eigenvalue weighted by Crippen LogP contribution is 2.29.